The molecule has 118 valence electrons. The third kappa shape index (κ3) is 2.51. The molecule has 3 atom stereocenters. The summed E-state index contributed by atoms with van der Waals surface area (Å²) in [4.78, 5) is 28.3. The molecule has 1 aromatic carbocycles. The van der Waals surface area contributed by atoms with Crippen LogP contribution in [0.4, 0.5) is 0 Å². The van der Waals surface area contributed by atoms with Gasteiger partial charge in [-0.1, -0.05) is 39.3 Å². The topological polar surface area (TPSA) is 54.9 Å². The number of fused-ring (bicyclic) bond motifs is 1. The smallest absolute Gasteiger partial charge is 0.307 e. The van der Waals surface area contributed by atoms with Gasteiger partial charge in [0.2, 0.25) is 0 Å². The van der Waals surface area contributed by atoms with Crippen molar-refractivity contribution < 1.29 is 0 Å². The Labute approximate surface area is 130 Å². The van der Waals surface area contributed by atoms with E-state index in [9.17, 15) is 9.59 Å². The van der Waals surface area contributed by atoms with E-state index in [1.165, 1.54) is 11.0 Å². The molecule has 22 heavy (non-hydrogen) atoms. The number of hydrogen-bond donors (Lipinski definition) is 1. The summed E-state index contributed by atoms with van der Waals surface area (Å²) in [5, 5.41) is 0.600. The minimum atomic E-state index is -0.270. The van der Waals surface area contributed by atoms with Crippen molar-refractivity contribution in [3.63, 3.8) is 0 Å². The second-order valence-corrected chi connectivity index (χ2v) is 7.04. The van der Waals surface area contributed by atoms with E-state index in [0.29, 0.717) is 28.7 Å². The zero-order valence-electron chi connectivity index (χ0n) is 13.5. The Morgan fingerprint density at radius 3 is 2.64 bits per heavy atom. The van der Waals surface area contributed by atoms with Gasteiger partial charge in [-0.3, -0.25) is 9.36 Å². The molecular weight excluding hydrogens is 276 g/mol. The first-order chi connectivity index (χ1) is 10.5. The number of rotatable bonds is 2. The Morgan fingerprint density at radius 1 is 1.18 bits per heavy atom. The van der Waals surface area contributed by atoms with E-state index < -0.39 is 0 Å². The number of benzene rings is 1. The lowest BCUT2D eigenvalue weighted by atomic mass is 9.74. The molecule has 4 nitrogen and oxygen atoms in total. The lowest BCUT2D eigenvalue weighted by Crippen LogP contribution is -2.43. The van der Waals surface area contributed by atoms with Crippen LogP contribution in [-0.2, 0) is 0 Å². The van der Waals surface area contributed by atoms with Crippen LogP contribution >= 0.6 is 0 Å². The molecule has 1 aromatic heterocycles. The fourth-order valence-electron chi connectivity index (χ4n) is 3.93. The molecule has 0 saturated heterocycles. The molecule has 2 aromatic rings. The zero-order chi connectivity index (χ0) is 15.9. The molecule has 0 aliphatic heterocycles. The molecule has 4 heteroatoms. The third-order valence-corrected chi connectivity index (χ3v) is 5.16. The summed E-state index contributed by atoms with van der Waals surface area (Å²) in [7, 11) is 0. The minimum Gasteiger partial charge on any atom is -0.307 e. The van der Waals surface area contributed by atoms with Crippen LogP contribution in [0.15, 0.2) is 33.9 Å². The van der Waals surface area contributed by atoms with Crippen molar-refractivity contribution in [3.05, 3.63) is 45.1 Å². The van der Waals surface area contributed by atoms with E-state index in [1.54, 1.807) is 12.1 Å². The summed E-state index contributed by atoms with van der Waals surface area (Å²) in [6.07, 6.45) is 3.17. The molecule has 1 aliphatic carbocycles. The van der Waals surface area contributed by atoms with Crippen LogP contribution < -0.4 is 11.2 Å². The van der Waals surface area contributed by atoms with Crippen LogP contribution in [0.1, 0.15) is 46.1 Å². The maximum Gasteiger partial charge on any atom is 0.329 e. The van der Waals surface area contributed by atoms with Gasteiger partial charge in [-0.15, -0.1) is 0 Å². The van der Waals surface area contributed by atoms with E-state index in [-0.39, 0.29) is 17.3 Å². The first kappa shape index (κ1) is 15.1. The van der Waals surface area contributed by atoms with Crippen LogP contribution in [0.3, 0.4) is 0 Å². The number of aromatic nitrogens is 2. The zero-order valence-corrected chi connectivity index (χ0v) is 13.5. The van der Waals surface area contributed by atoms with Crippen molar-refractivity contribution in [2.24, 2.45) is 17.8 Å². The Morgan fingerprint density at radius 2 is 1.91 bits per heavy atom. The van der Waals surface area contributed by atoms with Crippen molar-refractivity contribution in [1.82, 2.24) is 9.55 Å². The summed E-state index contributed by atoms with van der Waals surface area (Å²) >= 11 is 0. The molecule has 1 fully saturated rings. The minimum absolute atomic E-state index is 0.00426. The molecule has 0 radical (unpaired) electrons. The fourth-order valence-corrected chi connectivity index (χ4v) is 3.93. The summed E-state index contributed by atoms with van der Waals surface area (Å²) in [5.41, 5.74) is 0.205. The molecule has 1 saturated carbocycles. The highest BCUT2D eigenvalue weighted by molar-refractivity contribution is 5.76. The Hall–Kier alpha value is -1.84. The van der Waals surface area contributed by atoms with E-state index in [1.807, 2.05) is 12.1 Å². The van der Waals surface area contributed by atoms with Gasteiger partial charge in [0.15, 0.2) is 0 Å². The van der Waals surface area contributed by atoms with Gasteiger partial charge in [-0.25, -0.2) is 4.79 Å². The average molecular weight is 300 g/mol. The van der Waals surface area contributed by atoms with Gasteiger partial charge in [0.1, 0.15) is 0 Å². The lowest BCUT2D eigenvalue weighted by molar-refractivity contribution is 0.143. The van der Waals surface area contributed by atoms with Crippen molar-refractivity contribution in [3.8, 4) is 0 Å². The average Bonchev–Trinajstić information content (AvgIpc) is 2.47. The van der Waals surface area contributed by atoms with Crippen LogP contribution in [0.2, 0.25) is 0 Å². The van der Waals surface area contributed by atoms with Crippen molar-refractivity contribution in [1.29, 1.82) is 0 Å². The van der Waals surface area contributed by atoms with Gasteiger partial charge in [0.05, 0.1) is 10.9 Å². The first-order valence-electron chi connectivity index (χ1n) is 8.22. The quantitative estimate of drug-likeness (QED) is 0.925. The SMILES string of the molecule is CC1CCC(C(C)C)C(n2c(=O)[nH]c3ccccc3c2=O)C1. The standard InChI is InChI=1S/C18H24N2O2/c1-11(2)13-9-8-12(3)10-16(13)20-17(21)14-6-4-5-7-15(14)19-18(20)22/h4-7,11-13,16H,8-10H2,1-3H3,(H,19,22). The molecular formula is C18H24N2O2. The maximum absolute atomic E-state index is 12.9. The molecule has 1 N–H and O–H groups in total. The van der Waals surface area contributed by atoms with Crippen LogP contribution in [0.25, 0.3) is 10.9 Å². The number of hydrogen-bond acceptors (Lipinski definition) is 2. The lowest BCUT2D eigenvalue weighted by Gasteiger charge is -2.37. The number of nitrogens with one attached hydrogen (secondary N) is 1. The van der Waals surface area contributed by atoms with Gasteiger partial charge in [0, 0.05) is 6.04 Å². The highest BCUT2D eigenvalue weighted by atomic mass is 16.2. The van der Waals surface area contributed by atoms with Gasteiger partial charge < -0.3 is 4.98 Å². The molecule has 1 heterocycles. The highest BCUT2D eigenvalue weighted by Gasteiger charge is 2.33. The monoisotopic (exact) mass is 300 g/mol. The van der Waals surface area contributed by atoms with Crippen LogP contribution in [-0.4, -0.2) is 9.55 Å². The summed E-state index contributed by atoms with van der Waals surface area (Å²) in [6.45, 7) is 6.59. The van der Waals surface area contributed by atoms with Crippen molar-refractivity contribution in [2.75, 3.05) is 0 Å². The molecule has 0 spiro atoms. The molecule has 1 aliphatic rings. The second kappa shape index (κ2) is 5.75. The predicted octanol–water partition coefficient (Wildman–Crippen LogP) is 3.32. The number of nitrogens with zero attached hydrogens (tertiary/aromatic N) is 1. The second-order valence-electron chi connectivity index (χ2n) is 7.04. The molecule has 0 amide bonds. The normalized spacial score (nSPS) is 25.7. The Bertz CT molecular complexity index is 788. The van der Waals surface area contributed by atoms with Gasteiger partial charge in [-0.2, -0.15) is 0 Å². The number of aromatic amines is 1. The largest absolute Gasteiger partial charge is 0.329 e. The van der Waals surface area contributed by atoms with E-state index in [0.717, 1.165) is 12.8 Å². The molecule has 3 rings (SSSR count). The van der Waals surface area contributed by atoms with Crippen molar-refractivity contribution >= 4 is 10.9 Å². The number of H-pyrrole nitrogens is 1. The molecule has 3 unspecified atom stereocenters. The van der Waals surface area contributed by atoms with E-state index in [4.69, 9.17) is 0 Å². The fraction of sp³-hybridized carbons (Fsp3) is 0.556. The van der Waals surface area contributed by atoms with Crippen molar-refractivity contribution in [2.45, 2.75) is 46.1 Å². The predicted molar refractivity (Wildman–Crippen MR) is 89.2 cm³/mol. The van der Waals surface area contributed by atoms with Gasteiger partial charge in [-0.05, 0) is 42.7 Å². The summed E-state index contributed by atoms with van der Waals surface area (Å²) in [6, 6.07) is 7.26. The number of para-hydroxylation sites is 1. The Kier molecular flexibility index (Phi) is 3.94. The van der Waals surface area contributed by atoms with Gasteiger partial charge >= 0.3 is 5.69 Å². The first-order valence-corrected chi connectivity index (χ1v) is 8.22. The van der Waals surface area contributed by atoms with E-state index >= 15 is 0 Å². The molecule has 0 bridgehead atoms. The summed E-state index contributed by atoms with van der Waals surface area (Å²) < 4.78 is 1.49. The summed E-state index contributed by atoms with van der Waals surface area (Å²) in [5.74, 6) is 1.41. The van der Waals surface area contributed by atoms with Crippen LogP contribution in [0, 0.1) is 17.8 Å². The Balaban J connectivity index is 2.19. The van der Waals surface area contributed by atoms with Gasteiger partial charge in [0.25, 0.3) is 5.56 Å². The van der Waals surface area contributed by atoms with Crippen LogP contribution in [0.5, 0.6) is 0 Å². The highest BCUT2D eigenvalue weighted by Crippen LogP contribution is 2.39. The van der Waals surface area contributed by atoms with E-state index in [2.05, 4.69) is 25.8 Å². The third-order valence-electron chi connectivity index (χ3n) is 5.16. The maximum atomic E-state index is 12.9.